The van der Waals surface area contributed by atoms with Crippen LogP contribution in [0.4, 0.5) is 0 Å². The Morgan fingerprint density at radius 2 is 2.27 bits per heavy atom. The summed E-state index contributed by atoms with van der Waals surface area (Å²) >= 11 is 7.95. The van der Waals surface area contributed by atoms with E-state index in [9.17, 15) is 4.79 Å². The molecule has 6 heteroatoms. The minimum atomic E-state index is 0. The van der Waals surface area contributed by atoms with Crippen LogP contribution in [0.15, 0.2) is 24.3 Å². The maximum atomic E-state index is 12.6. The molecule has 0 bridgehead atoms. The van der Waals surface area contributed by atoms with Gasteiger partial charge < -0.3 is 10.2 Å². The molecule has 1 amide bonds. The highest BCUT2D eigenvalue weighted by Gasteiger charge is 2.22. The Balaban J connectivity index is 0.00000242. The van der Waals surface area contributed by atoms with Crippen molar-refractivity contribution in [3.8, 4) is 0 Å². The summed E-state index contributed by atoms with van der Waals surface area (Å²) < 4.78 is 0. The maximum Gasteiger partial charge on any atom is 0.224 e. The van der Waals surface area contributed by atoms with E-state index in [2.05, 4.69) is 19.2 Å². The Hall–Kier alpha value is -0.420. The van der Waals surface area contributed by atoms with Crippen molar-refractivity contribution in [3.05, 3.63) is 34.9 Å². The van der Waals surface area contributed by atoms with Gasteiger partial charge in [-0.2, -0.15) is 11.8 Å². The predicted molar refractivity (Wildman–Crippen MR) is 98.1 cm³/mol. The molecule has 1 atom stereocenters. The Morgan fingerprint density at radius 3 is 2.86 bits per heavy atom. The Bertz CT molecular complexity index is 479. The van der Waals surface area contributed by atoms with Crippen molar-refractivity contribution in [2.45, 2.75) is 38.9 Å². The van der Waals surface area contributed by atoms with Crippen molar-refractivity contribution in [2.24, 2.45) is 0 Å². The number of hydrogen-bond acceptors (Lipinski definition) is 3. The number of hydrogen-bond donors (Lipinski definition) is 1. The van der Waals surface area contributed by atoms with Crippen LogP contribution >= 0.6 is 35.8 Å². The first kappa shape index (κ1) is 19.6. The monoisotopic (exact) mass is 362 g/mol. The Labute approximate surface area is 148 Å². The number of halogens is 2. The number of carbonyl (C=O) groups excluding carboxylic acids is 1. The number of thioether (sulfide) groups is 1. The first-order valence-electron chi connectivity index (χ1n) is 7.41. The normalized spacial score (nSPS) is 17.9. The van der Waals surface area contributed by atoms with E-state index in [0.29, 0.717) is 24.0 Å². The lowest BCUT2D eigenvalue weighted by Gasteiger charge is -2.30. The molecule has 0 aromatic heterocycles. The van der Waals surface area contributed by atoms with Gasteiger partial charge in [-0.1, -0.05) is 23.7 Å². The van der Waals surface area contributed by atoms with Gasteiger partial charge >= 0.3 is 0 Å². The highest BCUT2D eigenvalue weighted by molar-refractivity contribution is 7.99. The number of nitrogens with one attached hydrogen (secondary N) is 1. The highest BCUT2D eigenvalue weighted by atomic mass is 35.5. The Kier molecular flexibility index (Phi) is 8.62. The minimum absolute atomic E-state index is 0. The van der Waals surface area contributed by atoms with E-state index >= 15 is 0 Å². The summed E-state index contributed by atoms with van der Waals surface area (Å²) in [6, 6.07) is 8.22. The van der Waals surface area contributed by atoms with E-state index in [1.54, 1.807) is 0 Å². The quantitative estimate of drug-likeness (QED) is 0.868. The van der Waals surface area contributed by atoms with Crippen LogP contribution in [0.3, 0.4) is 0 Å². The van der Waals surface area contributed by atoms with E-state index in [-0.39, 0.29) is 24.4 Å². The molecule has 1 aliphatic heterocycles. The third-order valence-electron chi connectivity index (χ3n) is 3.61. The summed E-state index contributed by atoms with van der Waals surface area (Å²) in [5.41, 5.74) is 1.08. The molecule has 3 nitrogen and oxygen atoms in total. The van der Waals surface area contributed by atoms with Gasteiger partial charge in [0.2, 0.25) is 5.91 Å². The van der Waals surface area contributed by atoms with Gasteiger partial charge in [0.25, 0.3) is 0 Å². The van der Waals surface area contributed by atoms with Crippen LogP contribution in [-0.4, -0.2) is 40.9 Å². The molecule has 2 rings (SSSR count). The lowest BCUT2D eigenvalue weighted by atomic mass is 10.1. The molecule has 1 aromatic carbocycles. The van der Waals surface area contributed by atoms with Gasteiger partial charge in [0, 0.05) is 48.1 Å². The van der Waals surface area contributed by atoms with Crippen LogP contribution in [0.1, 0.15) is 25.8 Å². The second-order valence-corrected chi connectivity index (χ2v) is 7.26. The fourth-order valence-corrected chi connectivity index (χ4v) is 3.63. The standard InChI is InChI=1S/C16H23ClN2OS.ClH/c1-12(2)19(10-13-4-3-5-14(17)8-13)16(20)9-15-11-21-7-6-18-15;/h3-5,8,12,15,18H,6-7,9-11H2,1-2H3;1H. The number of nitrogens with zero attached hydrogens (tertiary/aromatic N) is 1. The maximum absolute atomic E-state index is 12.6. The van der Waals surface area contributed by atoms with Crippen molar-refractivity contribution < 1.29 is 4.79 Å². The number of carbonyl (C=O) groups is 1. The van der Waals surface area contributed by atoms with Crippen molar-refractivity contribution in [2.75, 3.05) is 18.1 Å². The second kappa shape index (κ2) is 9.66. The van der Waals surface area contributed by atoms with Gasteiger partial charge in [-0.25, -0.2) is 0 Å². The number of benzene rings is 1. The molecule has 0 radical (unpaired) electrons. The van der Waals surface area contributed by atoms with Crippen molar-refractivity contribution in [1.29, 1.82) is 0 Å². The third kappa shape index (κ3) is 5.99. The molecule has 0 saturated carbocycles. The van der Waals surface area contributed by atoms with Gasteiger partial charge in [-0.15, -0.1) is 12.4 Å². The van der Waals surface area contributed by atoms with Crippen molar-refractivity contribution in [3.63, 3.8) is 0 Å². The molecule has 1 fully saturated rings. The summed E-state index contributed by atoms with van der Waals surface area (Å²) in [5, 5.41) is 4.14. The lowest BCUT2D eigenvalue weighted by molar-refractivity contribution is -0.134. The van der Waals surface area contributed by atoms with E-state index in [0.717, 1.165) is 23.6 Å². The largest absolute Gasteiger partial charge is 0.336 e. The fourth-order valence-electron chi connectivity index (χ4n) is 2.47. The first-order chi connectivity index (χ1) is 10.1. The average Bonchev–Trinajstić information content (AvgIpc) is 2.45. The summed E-state index contributed by atoms with van der Waals surface area (Å²) in [4.78, 5) is 14.5. The van der Waals surface area contributed by atoms with Gasteiger partial charge in [0.15, 0.2) is 0 Å². The fraction of sp³-hybridized carbons (Fsp3) is 0.562. The highest BCUT2D eigenvalue weighted by Crippen LogP contribution is 2.17. The third-order valence-corrected chi connectivity index (χ3v) is 4.97. The van der Waals surface area contributed by atoms with E-state index in [1.807, 2.05) is 40.9 Å². The Morgan fingerprint density at radius 1 is 1.50 bits per heavy atom. The zero-order valence-electron chi connectivity index (χ0n) is 13.0. The predicted octanol–water partition coefficient (Wildman–Crippen LogP) is 3.59. The summed E-state index contributed by atoms with van der Waals surface area (Å²) in [6.07, 6.45) is 0.575. The summed E-state index contributed by atoms with van der Waals surface area (Å²) in [6.45, 7) is 5.74. The molecular weight excluding hydrogens is 339 g/mol. The molecule has 1 heterocycles. The molecule has 0 aliphatic carbocycles. The van der Waals surface area contributed by atoms with E-state index in [4.69, 9.17) is 11.6 Å². The molecule has 1 unspecified atom stereocenters. The zero-order valence-corrected chi connectivity index (χ0v) is 15.4. The second-order valence-electron chi connectivity index (χ2n) is 5.68. The van der Waals surface area contributed by atoms with Crippen LogP contribution in [0, 0.1) is 0 Å². The molecule has 1 aromatic rings. The number of rotatable bonds is 5. The molecular formula is C16H24Cl2N2OS. The van der Waals surface area contributed by atoms with Crippen molar-refractivity contribution in [1.82, 2.24) is 10.2 Å². The topological polar surface area (TPSA) is 32.3 Å². The minimum Gasteiger partial charge on any atom is -0.336 e. The molecule has 124 valence electrons. The average molecular weight is 363 g/mol. The molecule has 22 heavy (non-hydrogen) atoms. The summed E-state index contributed by atoms with van der Waals surface area (Å²) in [5.74, 6) is 2.38. The molecule has 0 spiro atoms. The smallest absolute Gasteiger partial charge is 0.224 e. The molecule has 1 N–H and O–H groups in total. The van der Waals surface area contributed by atoms with Crippen molar-refractivity contribution >= 4 is 41.7 Å². The van der Waals surface area contributed by atoms with Crippen LogP contribution in [0.2, 0.25) is 5.02 Å². The van der Waals surface area contributed by atoms with Crippen LogP contribution in [0.25, 0.3) is 0 Å². The van der Waals surface area contributed by atoms with Gasteiger partial charge in [0.05, 0.1) is 0 Å². The van der Waals surface area contributed by atoms with Gasteiger partial charge in [-0.3, -0.25) is 4.79 Å². The van der Waals surface area contributed by atoms with Gasteiger partial charge in [-0.05, 0) is 31.5 Å². The lowest BCUT2D eigenvalue weighted by Crippen LogP contribution is -2.44. The van der Waals surface area contributed by atoms with Crippen LogP contribution < -0.4 is 5.32 Å². The molecule has 1 saturated heterocycles. The SMILES string of the molecule is CC(C)N(Cc1cccc(Cl)c1)C(=O)CC1CSCCN1.Cl. The zero-order chi connectivity index (χ0) is 15.2. The molecule has 1 aliphatic rings. The summed E-state index contributed by atoms with van der Waals surface area (Å²) in [7, 11) is 0. The van der Waals surface area contributed by atoms with E-state index in [1.165, 1.54) is 0 Å². The van der Waals surface area contributed by atoms with Crippen LogP contribution in [0.5, 0.6) is 0 Å². The first-order valence-corrected chi connectivity index (χ1v) is 8.94. The number of amides is 1. The van der Waals surface area contributed by atoms with E-state index < -0.39 is 0 Å². The van der Waals surface area contributed by atoms with Gasteiger partial charge in [0.1, 0.15) is 0 Å². The van der Waals surface area contributed by atoms with Crippen LogP contribution in [-0.2, 0) is 11.3 Å².